The van der Waals surface area contributed by atoms with Crippen LogP contribution in [0.4, 0.5) is 14.6 Å². The van der Waals surface area contributed by atoms with Crippen LogP contribution in [0, 0.1) is 17.6 Å². The average molecular weight is 371 g/mol. The average Bonchev–Trinajstić information content (AvgIpc) is 2.94. The van der Waals surface area contributed by atoms with Crippen LogP contribution in [0.2, 0.25) is 0 Å². The number of rotatable bonds is 3. The number of hydrogen-bond donors (Lipinski definition) is 3. The summed E-state index contributed by atoms with van der Waals surface area (Å²) in [6.45, 7) is 1.89. The molecule has 0 saturated heterocycles. The lowest BCUT2D eigenvalue weighted by molar-refractivity contribution is -0.122. The molecule has 0 bridgehead atoms. The standard InChI is InChI=1S/C17H20F2N4O.ClH/c1-17(20)5-3-2-4-13(17)16(24)21-15-9-14(22-23-15)10-6-11(18)8-12(19)7-10;/h6-9,13H,2-5,20H2,1H3,(H2,21,22,23,24);1H. The fourth-order valence-corrected chi connectivity index (χ4v) is 3.25. The molecule has 2 aromatic rings. The number of aromatic nitrogens is 2. The second-order valence-corrected chi connectivity index (χ2v) is 6.62. The number of aromatic amines is 1. The molecular weight excluding hydrogens is 350 g/mol. The zero-order valence-corrected chi connectivity index (χ0v) is 14.6. The Morgan fingerprint density at radius 2 is 1.96 bits per heavy atom. The van der Waals surface area contributed by atoms with Crippen molar-refractivity contribution in [2.75, 3.05) is 5.32 Å². The maximum atomic E-state index is 13.3. The Balaban J connectivity index is 0.00000225. The van der Waals surface area contributed by atoms with Gasteiger partial charge in [0, 0.05) is 23.2 Å². The molecule has 0 spiro atoms. The van der Waals surface area contributed by atoms with Crippen molar-refractivity contribution in [3.63, 3.8) is 0 Å². The number of H-pyrrole nitrogens is 1. The number of carbonyl (C=O) groups is 1. The Bertz CT molecular complexity index is 743. The van der Waals surface area contributed by atoms with Crippen LogP contribution < -0.4 is 11.1 Å². The molecule has 4 N–H and O–H groups in total. The second kappa shape index (κ2) is 7.49. The summed E-state index contributed by atoms with van der Waals surface area (Å²) in [7, 11) is 0. The van der Waals surface area contributed by atoms with E-state index >= 15 is 0 Å². The topological polar surface area (TPSA) is 83.8 Å². The Morgan fingerprint density at radius 3 is 2.60 bits per heavy atom. The number of benzene rings is 1. The first-order valence-electron chi connectivity index (χ1n) is 7.97. The highest BCUT2D eigenvalue weighted by atomic mass is 35.5. The minimum atomic E-state index is -0.675. The maximum Gasteiger partial charge on any atom is 0.230 e. The summed E-state index contributed by atoms with van der Waals surface area (Å²) < 4.78 is 26.6. The quantitative estimate of drug-likeness (QED) is 0.771. The Morgan fingerprint density at radius 1 is 1.28 bits per heavy atom. The van der Waals surface area contributed by atoms with E-state index in [9.17, 15) is 13.6 Å². The van der Waals surface area contributed by atoms with Gasteiger partial charge in [-0.25, -0.2) is 8.78 Å². The van der Waals surface area contributed by atoms with Crippen molar-refractivity contribution in [3.8, 4) is 11.3 Å². The van der Waals surface area contributed by atoms with E-state index in [4.69, 9.17) is 5.73 Å². The molecule has 1 aromatic carbocycles. The number of nitrogens with zero attached hydrogens (tertiary/aromatic N) is 1. The van der Waals surface area contributed by atoms with Crippen molar-refractivity contribution in [1.82, 2.24) is 10.2 Å². The summed E-state index contributed by atoms with van der Waals surface area (Å²) >= 11 is 0. The maximum absolute atomic E-state index is 13.3. The summed E-state index contributed by atoms with van der Waals surface area (Å²) in [5.41, 5.74) is 6.44. The van der Waals surface area contributed by atoms with Crippen LogP contribution in [0.15, 0.2) is 24.3 Å². The molecule has 1 heterocycles. The first-order valence-corrected chi connectivity index (χ1v) is 7.97. The number of anilines is 1. The number of hydrogen-bond acceptors (Lipinski definition) is 3. The molecule has 2 unspecified atom stereocenters. The Labute approximate surface area is 150 Å². The van der Waals surface area contributed by atoms with Gasteiger partial charge in [0.2, 0.25) is 5.91 Å². The van der Waals surface area contributed by atoms with E-state index in [-0.39, 0.29) is 24.2 Å². The van der Waals surface area contributed by atoms with Gasteiger partial charge in [-0.2, -0.15) is 5.10 Å². The summed E-state index contributed by atoms with van der Waals surface area (Å²) in [6.07, 6.45) is 3.54. The predicted octanol–water partition coefficient (Wildman–Crippen LogP) is 3.62. The highest BCUT2D eigenvalue weighted by Crippen LogP contribution is 2.32. The molecule has 5 nitrogen and oxygen atoms in total. The van der Waals surface area contributed by atoms with Crippen molar-refractivity contribution < 1.29 is 13.6 Å². The number of nitrogens with two attached hydrogens (primary N) is 1. The number of nitrogens with one attached hydrogen (secondary N) is 2. The molecular formula is C17H21ClF2N4O. The molecule has 25 heavy (non-hydrogen) atoms. The first kappa shape index (κ1) is 19.3. The van der Waals surface area contributed by atoms with Crippen LogP contribution in [-0.4, -0.2) is 21.6 Å². The zero-order valence-electron chi connectivity index (χ0n) is 13.8. The van der Waals surface area contributed by atoms with Crippen LogP contribution in [-0.2, 0) is 4.79 Å². The van der Waals surface area contributed by atoms with Gasteiger partial charge in [-0.05, 0) is 31.9 Å². The lowest BCUT2D eigenvalue weighted by Crippen LogP contribution is -2.51. The molecule has 3 rings (SSSR count). The van der Waals surface area contributed by atoms with Crippen LogP contribution in [0.1, 0.15) is 32.6 Å². The Kier molecular flexibility index (Phi) is 5.80. The van der Waals surface area contributed by atoms with Crippen molar-refractivity contribution in [2.24, 2.45) is 11.7 Å². The van der Waals surface area contributed by atoms with E-state index in [2.05, 4.69) is 15.5 Å². The number of carbonyl (C=O) groups excluding carboxylic acids is 1. The van der Waals surface area contributed by atoms with Crippen molar-refractivity contribution in [2.45, 2.75) is 38.1 Å². The van der Waals surface area contributed by atoms with Gasteiger partial charge in [0.25, 0.3) is 0 Å². The molecule has 2 atom stereocenters. The van der Waals surface area contributed by atoms with E-state index in [0.717, 1.165) is 31.7 Å². The zero-order chi connectivity index (χ0) is 17.3. The van der Waals surface area contributed by atoms with Gasteiger partial charge in [-0.15, -0.1) is 12.4 Å². The lowest BCUT2D eigenvalue weighted by Gasteiger charge is -2.37. The lowest BCUT2D eigenvalue weighted by atomic mass is 9.74. The third-order valence-corrected chi connectivity index (χ3v) is 4.57. The van der Waals surface area contributed by atoms with Crippen molar-refractivity contribution in [3.05, 3.63) is 35.9 Å². The van der Waals surface area contributed by atoms with Gasteiger partial charge < -0.3 is 11.1 Å². The molecule has 0 aliphatic heterocycles. The molecule has 1 aliphatic carbocycles. The molecule has 1 aliphatic rings. The van der Waals surface area contributed by atoms with Gasteiger partial charge in [0.15, 0.2) is 5.82 Å². The van der Waals surface area contributed by atoms with Gasteiger partial charge in [0.05, 0.1) is 11.6 Å². The normalized spacial score (nSPS) is 23.0. The minimum Gasteiger partial charge on any atom is -0.325 e. The van der Waals surface area contributed by atoms with Crippen LogP contribution in [0.5, 0.6) is 0 Å². The predicted molar refractivity (Wildman–Crippen MR) is 94.4 cm³/mol. The first-order chi connectivity index (χ1) is 11.3. The van der Waals surface area contributed by atoms with E-state index < -0.39 is 17.2 Å². The van der Waals surface area contributed by atoms with E-state index in [1.807, 2.05) is 6.92 Å². The van der Waals surface area contributed by atoms with Crippen molar-refractivity contribution >= 4 is 24.1 Å². The van der Waals surface area contributed by atoms with Crippen LogP contribution in [0.3, 0.4) is 0 Å². The molecule has 1 fully saturated rings. The van der Waals surface area contributed by atoms with Gasteiger partial charge in [-0.3, -0.25) is 9.89 Å². The monoisotopic (exact) mass is 370 g/mol. The number of amides is 1. The summed E-state index contributed by atoms with van der Waals surface area (Å²) in [5, 5.41) is 9.41. The van der Waals surface area contributed by atoms with E-state index in [1.54, 1.807) is 6.07 Å². The fourth-order valence-electron chi connectivity index (χ4n) is 3.25. The number of halogens is 3. The summed E-state index contributed by atoms with van der Waals surface area (Å²) in [6, 6.07) is 4.73. The van der Waals surface area contributed by atoms with E-state index in [0.29, 0.717) is 17.1 Å². The molecule has 1 saturated carbocycles. The summed E-state index contributed by atoms with van der Waals surface area (Å²) in [5.74, 6) is -1.50. The summed E-state index contributed by atoms with van der Waals surface area (Å²) in [4.78, 5) is 12.5. The largest absolute Gasteiger partial charge is 0.325 e. The molecule has 136 valence electrons. The van der Waals surface area contributed by atoms with Crippen LogP contribution >= 0.6 is 12.4 Å². The third-order valence-electron chi connectivity index (χ3n) is 4.57. The van der Waals surface area contributed by atoms with Gasteiger partial charge in [0.1, 0.15) is 11.6 Å². The Hall–Kier alpha value is -1.99. The smallest absolute Gasteiger partial charge is 0.230 e. The minimum absolute atomic E-state index is 0. The molecule has 8 heteroatoms. The van der Waals surface area contributed by atoms with Gasteiger partial charge in [-0.1, -0.05) is 12.8 Å². The SMILES string of the molecule is CC1(N)CCCCC1C(=O)Nc1cc(-c2cc(F)cc(F)c2)[nH]n1.Cl. The van der Waals surface area contributed by atoms with Crippen molar-refractivity contribution in [1.29, 1.82) is 0 Å². The molecule has 1 aromatic heterocycles. The van der Waals surface area contributed by atoms with E-state index in [1.165, 1.54) is 12.1 Å². The fraction of sp³-hybridized carbons (Fsp3) is 0.412. The molecule has 1 amide bonds. The second-order valence-electron chi connectivity index (χ2n) is 6.62. The highest BCUT2D eigenvalue weighted by molar-refractivity contribution is 5.93. The van der Waals surface area contributed by atoms with Gasteiger partial charge >= 0.3 is 0 Å². The highest BCUT2D eigenvalue weighted by Gasteiger charge is 2.37. The molecule has 0 radical (unpaired) electrons. The van der Waals surface area contributed by atoms with Crippen LogP contribution in [0.25, 0.3) is 11.3 Å². The third kappa shape index (κ3) is 4.35.